The van der Waals surface area contributed by atoms with E-state index in [1.54, 1.807) is 7.11 Å². The largest absolute Gasteiger partial charge is 0.497 e. The van der Waals surface area contributed by atoms with E-state index in [-0.39, 0.29) is 5.91 Å². The second-order valence-electron chi connectivity index (χ2n) is 4.11. The second kappa shape index (κ2) is 8.39. The van der Waals surface area contributed by atoms with Crippen LogP contribution in [0.5, 0.6) is 5.75 Å². The molecule has 0 atom stereocenters. The summed E-state index contributed by atoms with van der Waals surface area (Å²) in [4.78, 5) is 11.5. The Balaban J connectivity index is 2.22. The average molecular weight is 250 g/mol. The molecule has 4 nitrogen and oxygen atoms in total. The molecule has 0 aromatic heterocycles. The summed E-state index contributed by atoms with van der Waals surface area (Å²) in [6, 6.07) is 7.68. The fraction of sp³-hybridized carbons (Fsp3) is 0.500. The average Bonchev–Trinajstić information content (AvgIpc) is 2.39. The predicted molar refractivity (Wildman–Crippen MR) is 74.0 cm³/mol. The van der Waals surface area contributed by atoms with Gasteiger partial charge in [0.15, 0.2) is 0 Å². The van der Waals surface area contributed by atoms with Crippen LogP contribution in [0.1, 0.15) is 26.2 Å². The Morgan fingerprint density at radius 3 is 2.89 bits per heavy atom. The Labute approximate surface area is 109 Å². The van der Waals surface area contributed by atoms with Crippen molar-refractivity contribution in [3.8, 4) is 5.75 Å². The zero-order valence-corrected chi connectivity index (χ0v) is 11.2. The number of hydrogen-bond donors (Lipinski definition) is 2. The zero-order valence-electron chi connectivity index (χ0n) is 11.2. The normalized spacial score (nSPS) is 9.89. The molecule has 0 aliphatic heterocycles. The molecule has 1 rings (SSSR count). The number of benzene rings is 1. The topological polar surface area (TPSA) is 50.4 Å². The van der Waals surface area contributed by atoms with Crippen molar-refractivity contribution in [1.82, 2.24) is 5.32 Å². The van der Waals surface area contributed by atoms with Gasteiger partial charge in [0.1, 0.15) is 5.75 Å². The van der Waals surface area contributed by atoms with Gasteiger partial charge >= 0.3 is 0 Å². The molecule has 1 amide bonds. The van der Waals surface area contributed by atoms with Crippen LogP contribution < -0.4 is 15.4 Å². The number of ether oxygens (including phenoxy) is 1. The number of carbonyl (C=O) groups excluding carboxylic acids is 1. The summed E-state index contributed by atoms with van der Waals surface area (Å²) >= 11 is 0. The molecular formula is C14H22N2O2. The van der Waals surface area contributed by atoms with Gasteiger partial charge in [-0.15, -0.1) is 0 Å². The van der Waals surface area contributed by atoms with Crippen molar-refractivity contribution in [3.05, 3.63) is 24.3 Å². The van der Waals surface area contributed by atoms with Gasteiger partial charge < -0.3 is 15.4 Å². The molecule has 0 radical (unpaired) electrons. The van der Waals surface area contributed by atoms with Crippen LogP contribution in [0, 0.1) is 0 Å². The van der Waals surface area contributed by atoms with Crippen LogP contribution in [0.25, 0.3) is 0 Å². The molecule has 0 heterocycles. The summed E-state index contributed by atoms with van der Waals surface area (Å²) in [7, 11) is 1.64. The molecule has 1 aromatic carbocycles. The minimum Gasteiger partial charge on any atom is -0.497 e. The maximum absolute atomic E-state index is 11.5. The number of nitrogens with one attached hydrogen (secondary N) is 2. The molecule has 0 saturated heterocycles. The van der Waals surface area contributed by atoms with E-state index in [0.717, 1.165) is 30.8 Å². The van der Waals surface area contributed by atoms with Crippen LogP contribution in [-0.2, 0) is 4.79 Å². The third-order valence-electron chi connectivity index (χ3n) is 2.60. The lowest BCUT2D eigenvalue weighted by atomic mass is 10.3. The minimum atomic E-state index is 0.0962. The Kier molecular flexibility index (Phi) is 6.69. The summed E-state index contributed by atoms with van der Waals surface area (Å²) < 4.78 is 5.13. The van der Waals surface area contributed by atoms with E-state index < -0.39 is 0 Å². The first-order valence-electron chi connectivity index (χ1n) is 6.41. The van der Waals surface area contributed by atoms with Gasteiger partial charge in [0, 0.05) is 31.3 Å². The zero-order chi connectivity index (χ0) is 13.2. The third kappa shape index (κ3) is 5.57. The van der Waals surface area contributed by atoms with E-state index in [0.29, 0.717) is 13.0 Å². The van der Waals surface area contributed by atoms with Crippen LogP contribution in [0.4, 0.5) is 5.69 Å². The predicted octanol–water partition coefficient (Wildman–Crippen LogP) is 2.41. The van der Waals surface area contributed by atoms with Crippen molar-refractivity contribution in [2.75, 3.05) is 25.5 Å². The minimum absolute atomic E-state index is 0.0962. The van der Waals surface area contributed by atoms with Gasteiger partial charge in [-0.2, -0.15) is 0 Å². The van der Waals surface area contributed by atoms with E-state index in [1.165, 1.54) is 0 Å². The summed E-state index contributed by atoms with van der Waals surface area (Å²) in [5.41, 5.74) is 0.968. The van der Waals surface area contributed by atoms with Gasteiger partial charge in [0.2, 0.25) is 5.91 Å². The van der Waals surface area contributed by atoms with Crippen LogP contribution in [0.15, 0.2) is 24.3 Å². The Bertz CT molecular complexity index is 367. The summed E-state index contributed by atoms with van der Waals surface area (Å²) in [6.45, 7) is 3.51. The molecule has 0 aliphatic carbocycles. The standard InChI is InChI=1S/C14H22N2O2/c1-3-4-9-16-14(17)8-10-15-12-6-5-7-13(11-12)18-2/h5-7,11,15H,3-4,8-10H2,1-2H3,(H,16,17). The number of carbonyl (C=O) groups is 1. The van der Waals surface area contributed by atoms with Gasteiger partial charge in [0.25, 0.3) is 0 Å². The number of amides is 1. The first-order chi connectivity index (χ1) is 8.76. The summed E-state index contributed by atoms with van der Waals surface area (Å²) in [5.74, 6) is 0.909. The maximum Gasteiger partial charge on any atom is 0.221 e. The number of hydrogen-bond acceptors (Lipinski definition) is 3. The van der Waals surface area contributed by atoms with E-state index in [4.69, 9.17) is 4.74 Å². The summed E-state index contributed by atoms with van der Waals surface area (Å²) in [5, 5.41) is 6.09. The monoisotopic (exact) mass is 250 g/mol. The Morgan fingerprint density at radius 2 is 2.17 bits per heavy atom. The van der Waals surface area contributed by atoms with Crippen LogP contribution in [-0.4, -0.2) is 26.1 Å². The quantitative estimate of drug-likeness (QED) is 0.697. The first-order valence-corrected chi connectivity index (χ1v) is 6.41. The van der Waals surface area contributed by atoms with Gasteiger partial charge in [-0.1, -0.05) is 19.4 Å². The summed E-state index contributed by atoms with van der Waals surface area (Å²) in [6.07, 6.45) is 2.62. The molecule has 0 saturated carbocycles. The first kappa shape index (κ1) is 14.4. The number of anilines is 1. The van der Waals surface area contributed by atoms with E-state index in [1.807, 2.05) is 24.3 Å². The molecule has 0 bridgehead atoms. The SMILES string of the molecule is CCCCNC(=O)CCNc1cccc(OC)c1. The van der Waals surface area contributed by atoms with Gasteiger partial charge in [0.05, 0.1) is 7.11 Å². The molecular weight excluding hydrogens is 228 g/mol. The van der Waals surface area contributed by atoms with Crippen molar-refractivity contribution in [3.63, 3.8) is 0 Å². The lowest BCUT2D eigenvalue weighted by Gasteiger charge is -2.08. The molecule has 0 spiro atoms. The highest BCUT2D eigenvalue weighted by Crippen LogP contribution is 2.16. The van der Waals surface area contributed by atoms with Crippen molar-refractivity contribution in [1.29, 1.82) is 0 Å². The molecule has 2 N–H and O–H groups in total. The maximum atomic E-state index is 11.5. The number of methoxy groups -OCH3 is 1. The molecule has 0 fully saturated rings. The van der Waals surface area contributed by atoms with E-state index in [9.17, 15) is 4.79 Å². The lowest BCUT2D eigenvalue weighted by Crippen LogP contribution is -2.26. The fourth-order valence-electron chi connectivity index (χ4n) is 1.55. The number of rotatable bonds is 8. The lowest BCUT2D eigenvalue weighted by molar-refractivity contribution is -0.120. The van der Waals surface area contributed by atoms with Gasteiger partial charge in [-0.05, 0) is 18.6 Å². The van der Waals surface area contributed by atoms with Crippen molar-refractivity contribution >= 4 is 11.6 Å². The van der Waals surface area contributed by atoms with E-state index >= 15 is 0 Å². The van der Waals surface area contributed by atoms with Gasteiger partial charge in [-0.25, -0.2) is 0 Å². The molecule has 0 unspecified atom stereocenters. The van der Waals surface area contributed by atoms with Crippen LogP contribution >= 0.6 is 0 Å². The molecule has 1 aromatic rings. The molecule has 0 aliphatic rings. The Morgan fingerprint density at radius 1 is 1.33 bits per heavy atom. The molecule has 100 valence electrons. The molecule has 4 heteroatoms. The fourth-order valence-corrected chi connectivity index (χ4v) is 1.55. The third-order valence-corrected chi connectivity index (χ3v) is 2.60. The second-order valence-corrected chi connectivity index (χ2v) is 4.11. The van der Waals surface area contributed by atoms with Crippen molar-refractivity contribution < 1.29 is 9.53 Å². The molecule has 18 heavy (non-hydrogen) atoms. The van der Waals surface area contributed by atoms with Crippen molar-refractivity contribution in [2.24, 2.45) is 0 Å². The highest BCUT2D eigenvalue weighted by atomic mass is 16.5. The number of unbranched alkanes of at least 4 members (excludes halogenated alkanes) is 1. The van der Waals surface area contributed by atoms with Crippen LogP contribution in [0.2, 0.25) is 0 Å². The van der Waals surface area contributed by atoms with Crippen molar-refractivity contribution in [2.45, 2.75) is 26.2 Å². The highest BCUT2D eigenvalue weighted by Gasteiger charge is 2.00. The van der Waals surface area contributed by atoms with E-state index in [2.05, 4.69) is 17.6 Å². The van der Waals surface area contributed by atoms with Crippen LogP contribution in [0.3, 0.4) is 0 Å². The smallest absolute Gasteiger partial charge is 0.221 e. The van der Waals surface area contributed by atoms with Gasteiger partial charge in [-0.3, -0.25) is 4.79 Å². The highest BCUT2D eigenvalue weighted by molar-refractivity contribution is 5.76. The Hall–Kier alpha value is -1.71.